The number of aliphatic hydroxyl groups is 2. The molecule has 1 aliphatic heterocycles. The third kappa shape index (κ3) is 8.45. The first-order valence-electron chi connectivity index (χ1n) is 16.2. The van der Waals surface area contributed by atoms with Crippen molar-refractivity contribution in [3.8, 4) is 45.8 Å². The number of phenolic OH excluding ortho intramolecular Hbond substituents is 5. The molecular formula is C39H32O15. The van der Waals surface area contributed by atoms with Gasteiger partial charge in [0, 0.05) is 29.8 Å². The highest BCUT2D eigenvalue weighted by atomic mass is 16.7. The van der Waals surface area contributed by atoms with Crippen molar-refractivity contribution < 1.29 is 68.7 Å². The summed E-state index contributed by atoms with van der Waals surface area (Å²) in [6, 6.07) is 19.0. The van der Waals surface area contributed by atoms with Crippen LogP contribution in [-0.4, -0.2) is 85.0 Å². The van der Waals surface area contributed by atoms with Gasteiger partial charge >= 0.3 is 11.9 Å². The lowest BCUT2D eigenvalue weighted by atomic mass is 9.98. The molecule has 15 heteroatoms. The smallest absolute Gasteiger partial charge is 0.331 e. The van der Waals surface area contributed by atoms with Crippen LogP contribution in [0.5, 0.6) is 34.5 Å². The first-order valence-corrected chi connectivity index (χ1v) is 16.2. The molecule has 4 aromatic carbocycles. The third-order valence-corrected chi connectivity index (χ3v) is 8.18. The molecule has 0 amide bonds. The molecule has 0 saturated carbocycles. The molecule has 0 spiro atoms. The Bertz CT molecular complexity index is 2260. The monoisotopic (exact) mass is 740 g/mol. The number of phenols is 5. The first-order chi connectivity index (χ1) is 25.9. The van der Waals surface area contributed by atoms with Gasteiger partial charge in [-0.05, 0) is 71.8 Å². The van der Waals surface area contributed by atoms with Crippen molar-refractivity contribution in [3.05, 3.63) is 118 Å². The van der Waals surface area contributed by atoms with Crippen LogP contribution < -0.4 is 10.2 Å². The van der Waals surface area contributed by atoms with Crippen LogP contribution in [0, 0.1) is 0 Å². The van der Waals surface area contributed by atoms with E-state index < -0.39 is 77.3 Å². The summed E-state index contributed by atoms with van der Waals surface area (Å²) in [5.41, 5.74) is 0.00793. The van der Waals surface area contributed by atoms with E-state index in [-0.39, 0.29) is 34.2 Å². The number of rotatable bonds is 10. The maximum absolute atomic E-state index is 13.9. The second-order valence-electron chi connectivity index (χ2n) is 12.0. The van der Waals surface area contributed by atoms with Gasteiger partial charge in [-0.1, -0.05) is 24.3 Å². The lowest BCUT2D eigenvalue weighted by molar-refractivity contribution is -0.281. The van der Waals surface area contributed by atoms with Gasteiger partial charge in [0.1, 0.15) is 58.5 Å². The van der Waals surface area contributed by atoms with Crippen LogP contribution in [-0.2, 0) is 23.8 Å². The quantitative estimate of drug-likeness (QED) is 0.0798. The van der Waals surface area contributed by atoms with Gasteiger partial charge in [-0.2, -0.15) is 0 Å². The fourth-order valence-electron chi connectivity index (χ4n) is 5.46. The zero-order chi connectivity index (χ0) is 38.5. The van der Waals surface area contributed by atoms with Gasteiger partial charge < -0.3 is 59.1 Å². The Morgan fingerprint density at radius 2 is 1.26 bits per heavy atom. The van der Waals surface area contributed by atoms with Crippen LogP contribution in [0.3, 0.4) is 0 Å². The van der Waals surface area contributed by atoms with Crippen molar-refractivity contribution in [2.75, 3.05) is 6.61 Å². The van der Waals surface area contributed by atoms with E-state index >= 15 is 0 Å². The SMILES string of the molecule is O=C(/C=C/c1ccc(O)cc1)OCC1O[C@@H](Oc2c(-c3ccc(O)cc3)oc3cc(O)cc(O)c3c2=O)C(O)C(OC(=O)/C=C/c2ccc(O)cc2)[C@@H]1O. The fraction of sp³-hybridized carbons (Fsp3) is 0.154. The van der Waals surface area contributed by atoms with Crippen LogP contribution in [0.4, 0.5) is 0 Å². The Hall–Kier alpha value is -6.81. The molecule has 5 aromatic rings. The molecular weight excluding hydrogens is 708 g/mol. The van der Waals surface area contributed by atoms with Crippen LogP contribution in [0.25, 0.3) is 34.4 Å². The number of hydrogen-bond acceptors (Lipinski definition) is 15. The highest BCUT2D eigenvalue weighted by Gasteiger charge is 2.49. The molecule has 3 unspecified atom stereocenters. The Balaban J connectivity index is 1.32. The second kappa shape index (κ2) is 15.8. The van der Waals surface area contributed by atoms with Crippen molar-refractivity contribution in [2.45, 2.75) is 30.7 Å². The number of hydrogen-bond donors (Lipinski definition) is 7. The minimum Gasteiger partial charge on any atom is -0.508 e. The van der Waals surface area contributed by atoms with Crippen LogP contribution in [0.1, 0.15) is 11.1 Å². The normalized spacial score (nSPS) is 19.9. The Morgan fingerprint density at radius 1 is 0.704 bits per heavy atom. The van der Waals surface area contributed by atoms with Crippen molar-refractivity contribution in [1.29, 1.82) is 0 Å². The van der Waals surface area contributed by atoms with Gasteiger partial charge in [-0.15, -0.1) is 0 Å². The summed E-state index contributed by atoms with van der Waals surface area (Å²) in [6.07, 6.45) is -4.24. The van der Waals surface area contributed by atoms with E-state index in [0.717, 1.165) is 24.3 Å². The van der Waals surface area contributed by atoms with Gasteiger partial charge in [0.15, 0.2) is 18.0 Å². The molecule has 0 aliphatic carbocycles. The number of ether oxygens (including phenoxy) is 4. The lowest BCUT2D eigenvalue weighted by Gasteiger charge is -2.41. The predicted octanol–water partition coefficient (Wildman–Crippen LogP) is 3.70. The molecule has 1 aromatic heterocycles. The van der Waals surface area contributed by atoms with E-state index in [0.29, 0.717) is 11.1 Å². The molecule has 1 fully saturated rings. The van der Waals surface area contributed by atoms with Crippen LogP contribution in [0.15, 0.2) is 106 Å². The van der Waals surface area contributed by atoms with Crippen LogP contribution in [0.2, 0.25) is 0 Å². The minimum atomic E-state index is -2.00. The maximum atomic E-state index is 13.9. The van der Waals surface area contributed by atoms with Gasteiger partial charge in [0.25, 0.3) is 0 Å². The van der Waals surface area contributed by atoms with Crippen molar-refractivity contribution in [1.82, 2.24) is 0 Å². The van der Waals surface area contributed by atoms with E-state index in [1.807, 2.05) is 0 Å². The zero-order valence-corrected chi connectivity index (χ0v) is 27.9. The fourth-order valence-corrected chi connectivity index (χ4v) is 5.46. The molecule has 6 rings (SSSR count). The lowest BCUT2D eigenvalue weighted by Crippen LogP contribution is -2.61. The van der Waals surface area contributed by atoms with Gasteiger partial charge in [-0.3, -0.25) is 4.79 Å². The summed E-state index contributed by atoms with van der Waals surface area (Å²) in [5.74, 6) is -4.01. The molecule has 1 aliphatic rings. The van der Waals surface area contributed by atoms with Gasteiger partial charge in [0.05, 0.1) is 0 Å². The molecule has 0 radical (unpaired) electrons. The largest absolute Gasteiger partial charge is 0.508 e. The number of aliphatic hydroxyl groups excluding tert-OH is 2. The highest BCUT2D eigenvalue weighted by molar-refractivity contribution is 5.89. The maximum Gasteiger partial charge on any atom is 0.331 e. The molecule has 5 atom stereocenters. The Labute approximate surface area is 305 Å². The molecule has 0 bridgehead atoms. The van der Waals surface area contributed by atoms with Crippen molar-refractivity contribution >= 4 is 35.1 Å². The predicted molar refractivity (Wildman–Crippen MR) is 189 cm³/mol. The standard InChI is InChI=1S/C39H32O15/c40-23-9-1-20(2-10-23)5-15-30(45)50-19-29-33(47)37(53-31(46)16-6-21-3-11-24(41)12-4-21)35(49)39(52-29)54-38-34(48)32-27(44)17-26(43)18-28(32)51-36(38)22-7-13-25(42)14-8-22/h1-18,29,33,35,37,39-44,47,49H,19H2/b15-5+,16-6+/t29?,33-,35?,37?,39+/m1/s1. The van der Waals surface area contributed by atoms with E-state index in [2.05, 4.69) is 0 Å². The number of aromatic hydroxyl groups is 5. The number of benzene rings is 4. The highest BCUT2D eigenvalue weighted by Crippen LogP contribution is 2.38. The van der Waals surface area contributed by atoms with E-state index in [9.17, 15) is 50.1 Å². The zero-order valence-electron chi connectivity index (χ0n) is 27.9. The number of esters is 2. The molecule has 15 nitrogen and oxygen atoms in total. The van der Waals surface area contributed by atoms with E-state index in [1.54, 1.807) is 12.1 Å². The van der Waals surface area contributed by atoms with Gasteiger partial charge in [0.2, 0.25) is 17.5 Å². The van der Waals surface area contributed by atoms with E-state index in [4.69, 9.17) is 23.4 Å². The summed E-state index contributed by atoms with van der Waals surface area (Å²) >= 11 is 0. The summed E-state index contributed by atoms with van der Waals surface area (Å²) < 4.78 is 28.3. The summed E-state index contributed by atoms with van der Waals surface area (Å²) in [4.78, 5) is 39.5. The number of carbonyl (C=O) groups is 2. The summed E-state index contributed by atoms with van der Waals surface area (Å²) in [6.45, 7) is -0.666. The molecule has 2 heterocycles. The average molecular weight is 741 g/mol. The molecule has 278 valence electrons. The third-order valence-electron chi connectivity index (χ3n) is 8.18. The second-order valence-corrected chi connectivity index (χ2v) is 12.0. The number of carbonyl (C=O) groups excluding carboxylic acids is 2. The Kier molecular flexibility index (Phi) is 10.8. The minimum absolute atomic E-state index is 0.000756. The van der Waals surface area contributed by atoms with Gasteiger partial charge in [-0.25, -0.2) is 9.59 Å². The summed E-state index contributed by atoms with van der Waals surface area (Å²) in [7, 11) is 0. The summed E-state index contributed by atoms with van der Waals surface area (Å²) in [5, 5.41) is 71.7. The average Bonchev–Trinajstić information content (AvgIpc) is 3.14. The number of fused-ring (bicyclic) bond motifs is 1. The van der Waals surface area contributed by atoms with Crippen LogP contribution >= 0.6 is 0 Å². The van der Waals surface area contributed by atoms with Crippen molar-refractivity contribution in [2.24, 2.45) is 0 Å². The molecule has 1 saturated heterocycles. The van der Waals surface area contributed by atoms with Crippen molar-refractivity contribution in [3.63, 3.8) is 0 Å². The topological polar surface area (TPSA) is 243 Å². The van der Waals surface area contributed by atoms with E-state index in [1.165, 1.54) is 72.8 Å². The molecule has 7 N–H and O–H groups in total. The Morgan fingerprint density at radius 3 is 1.85 bits per heavy atom. The molecule has 54 heavy (non-hydrogen) atoms. The first kappa shape index (κ1) is 37.0.